The third-order valence-electron chi connectivity index (χ3n) is 5.35. The quantitative estimate of drug-likeness (QED) is 0.641. The highest BCUT2D eigenvalue weighted by Gasteiger charge is 2.22. The molecule has 144 valence electrons. The Balaban J connectivity index is 1.91. The molecule has 2 aromatic carbocycles. The largest absolute Gasteiger partial charge is 0.373 e. The summed E-state index contributed by atoms with van der Waals surface area (Å²) in [6, 6.07) is 15.4. The first-order valence-corrected chi connectivity index (χ1v) is 9.83. The normalized spacial score (nSPS) is 21.8. The highest BCUT2D eigenvalue weighted by Crippen LogP contribution is 2.31. The summed E-state index contributed by atoms with van der Waals surface area (Å²) in [7, 11) is 0. The van der Waals surface area contributed by atoms with Crippen LogP contribution in [0.5, 0.6) is 0 Å². The van der Waals surface area contributed by atoms with Crippen molar-refractivity contribution in [2.75, 3.05) is 19.6 Å². The summed E-state index contributed by atoms with van der Waals surface area (Å²) in [5.41, 5.74) is 5.92. The lowest BCUT2D eigenvalue weighted by atomic mass is 9.90. The van der Waals surface area contributed by atoms with Crippen LogP contribution in [0.1, 0.15) is 43.9 Å². The third-order valence-corrected chi connectivity index (χ3v) is 5.35. The summed E-state index contributed by atoms with van der Waals surface area (Å²) in [4.78, 5) is 2.48. The fourth-order valence-electron chi connectivity index (χ4n) is 4.07. The van der Waals surface area contributed by atoms with Gasteiger partial charge in [0.25, 0.3) is 0 Å². The van der Waals surface area contributed by atoms with E-state index >= 15 is 0 Å². The Labute approximate surface area is 162 Å². The zero-order chi connectivity index (χ0) is 19.4. The molecule has 1 fully saturated rings. The van der Waals surface area contributed by atoms with Gasteiger partial charge in [-0.2, -0.15) is 0 Å². The number of nitrogens with zero attached hydrogens (tertiary/aromatic N) is 1. The molecule has 2 aromatic rings. The first-order valence-electron chi connectivity index (χ1n) is 9.83. The summed E-state index contributed by atoms with van der Waals surface area (Å²) in [6.45, 7) is 11.4. The maximum Gasteiger partial charge on any atom is 0.123 e. The van der Waals surface area contributed by atoms with Gasteiger partial charge in [-0.15, -0.1) is 0 Å². The van der Waals surface area contributed by atoms with E-state index in [-0.39, 0.29) is 18.0 Å². The zero-order valence-electron chi connectivity index (χ0n) is 16.8. The van der Waals surface area contributed by atoms with Gasteiger partial charge in [0.15, 0.2) is 0 Å². The molecule has 0 saturated carbocycles. The summed E-state index contributed by atoms with van der Waals surface area (Å²) in [6.07, 6.45) is 1.47. The second-order valence-corrected chi connectivity index (χ2v) is 7.70. The first kappa shape index (κ1) is 19.8. The van der Waals surface area contributed by atoms with Crippen molar-refractivity contribution in [1.29, 1.82) is 0 Å². The average Bonchev–Trinajstić information content (AvgIpc) is 2.62. The first-order chi connectivity index (χ1) is 12.9. The van der Waals surface area contributed by atoms with Gasteiger partial charge in [0.2, 0.25) is 0 Å². The van der Waals surface area contributed by atoms with E-state index in [1.807, 2.05) is 6.07 Å². The number of hydrogen-bond donors (Lipinski definition) is 0. The molecule has 0 bridgehead atoms. The van der Waals surface area contributed by atoms with Crippen molar-refractivity contribution in [3.8, 4) is 0 Å². The Morgan fingerprint density at radius 3 is 2.44 bits per heavy atom. The van der Waals surface area contributed by atoms with Crippen LogP contribution in [0.25, 0.3) is 11.1 Å². The molecule has 1 saturated heterocycles. The maximum atomic E-state index is 13.8. The van der Waals surface area contributed by atoms with Crippen LogP contribution >= 0.6 is 0 Å². The number of ether oxygens (including phenoxy) is 1. The number of aryl methyl sites for hydroxylation is 1. The monoisotopic (exact) mass is 367 g/mol. The van der Waals surface area contributed by atoms with E-state index in [2.05, 4.69) is 56.9 Å². The van der Waals surface area contributed by atoms with Crippen LogP contribution in [-0.2, 0) is 4.74 Å². The minimum absolute atomic E-state index is 0.188. The van der Waals surface area contributed by atoms with Gasteiger partial charge in [-0.25, -0.2) is 4.39 Å². The van der Waals surface area contributed by atoms with Crippen LogP contribution in [0.4, 0.5) is 4.39 Å². The van der Waals surface area contributed by atoms with E-state index < -0.39 is 0 Å². The Morgan fingerprint density at radius 2 is 1.78 bits per heavy atom. The second-order valence-electron chi connectivity index (χ2n) is 7.70. The SMILES string of the molecule is C/C(=C(/CCN1CC(C)OC(C)C1)c1ccccc1C)c1cccc(F)c1. The van der Waals surface area contributed by atoms with E-state index in [1.165, 1.54) is 22.8 Å². The van der Waals surface area contributed by atoms with Gasteiger partial charge in [0, 0.05) is 19.6 Å². The summed E-state index contributed by atoms with van der Waals surface area (Å²) >= 11 is 0. The van der Waals surface area contributed by atoms with E-state index in [0.717, 1.165) is 37.2 Å². The molecule has 2 atom stereocenters. The van der Waals surface area contributed by atoms with Crippen LogP contribution in [0.15, 0.2) is 48.5 Å². The van der Waals surface area contributed by atoms with Gasteiger partial charge in [-0.05, 0) is 74.1 Å². The third kappa shape index (κ3) is 5.06. The molecule has 1 aliphatic rings. The summed E-state index contributed by atoms with van der Waals surface area (Å²) < 4.78 is 19.7. The van der Waals surface area contributed by atoms with Gasteiger partial charge in [0.1, 0.15) is 5.82 Å². The van der Waals surface area contributed by atoms with Crippen molar-refractivity contribution in [3.05, 3.63) is 71.0 Å². The highest BCUT2D eigenvalue weighted by molar-refractivity contribution is 5.90. The van der Waals surface area contributed by atoms with Gasteiger partial charge < -0.3 is 4.74 Å². The number of rotatable bonds is 5. The maximum absolute atomic E-state index is 13.8. The van der Waals surface area contributed by atoms with Gasteiger partial charge in [-0.1, -0.05) is 36.4 Å². The van der Waals surface area contributed by atoms with Crippen molar-refractivity contribution in [3.63, 3.8) is 0 Å². The van der Waals surface area contributed by atoms with E-state index in [9.17, 15) is 4.39 Å². The van der Waals surface area contributed by atoms with E-state index in [1.54, 1.807) is 12.1 Å². The second kappa shape index (κ2) is 8.81. The molecule has 0 N–H and O–H groups in total. The van der Waals surface area contributed by atoms with Crippen molar-refractivity contribution >= 4 is 11.1 Å². The molecule has 0 spiro atoms. The van der Waals surface area contributed by atoms with E-state index in [0.29, 0.717) is 0 Å². The number of halogens is 1. The van der Waals surface area contributed by atoms with E-state index in [4.69, 9.17) is 4.74 Å². The number of allylic oxidation sites excluding steroid dienone is 1. The predicted molar refractivity (Wildman–Crippen MR) is 111 cm³/mol. The molecule has 0 radical (unpaired) electrons. The fraction of sp³-hybridized carbons (Fsp3) is 0.417. The minimum Gasteiger partial charge on any atom is -0.373 e. The zero-order valence-corrected chi connectivity index (χ0v) is 16.8. The molecule has 1 heterocycles. The molecule has 0 aromatic heterocycles. The topological polar surface area (TPSA) is 12.5 Å². The Morgan fingerprint density at radius 1 is 1.07 bits per heavy atom. The Kier molecular flexibility index (Phi) is 6.46. The molecule has 0 aliphatic carbocycles. The molecular weight excluding hydrogens is 337 g/mol. The predicted octanol–water partition coefficient (Wildman–Crippen LogP) is 5.56. The molecule has 2 nitrogen and oxygen atoms in total. The highest BCUT2D eigenvalue weighted by atomic mass is 19.1. The standard InChI is InChI=1S/C24H30FNO/c1-17-8-5-6-11-23(17)24(20(4)21-9-7-10-22(25)14-21)12-13-26-15-18(2)27-19(3)16-26/h5-11,14,18-19H,12-13,15-16H2,1-4H3/b24-20+. The van der Waals surface area contributed by atoms with Crippen LogP contribution in [0.2, 0.25) is 0 Å². The van der Waals surface area contributed by atoms with Crippen molar-refractivity contribution < 1.29 is 9.13 Å². The lowest BCUT2D eigenvalue weighted by molar-refractivity contribution is -0.0672. The minimum atomic E-state index is -0.188. The van der Waals surface area contributed by atoms with Crippen LogP contribution < -0.4 is 0 Å². The van der Waals surface area contributed by atoms with Crippen LogP contribution in [0.3, 0.4) is 0 Å². The summed E-state index contributed by atoms with van der Waals surface area (Å²) in [5, 5.41) is 0. The fourth-order valence-corrected chi connectivity index (χ4v) is 4.07. The lowest BCUT2D eigenvalue weighted by Gasteiger charge is -2.35. The van der Waals surface area contributed by atoms with Crippen molar-refractivity contribution in [2.24, 2.45) is 0 Å². The Bertz CT molecular complexity index is 804. The lowest BCUT2D eigenvalue weighted by Crippen LogP contribution is -2.45. The Hall–Kier alpha value is -1.97. The molecular formula is C24H30FNO. The molecule has 1 aliphatic heterocycles. The van der Waals surface area contributed by atoms with Gasteiger partial charge in [-0.3, -0.25) is 4.90 Å². The summed E-state index contributed by atoms with van der Waals surface area (Å²) in [5.74, 6) is -0.188. The van der Waals surface area contributed by atoms with Crippen molar-refractivity contribution in [2.45, 2.75) is 46.3 Å². The van der Waals surface area contributed by atoms with Crippen molar-refractivity contribution in [1.82, 2.24) is 4.90 Å². The smallest absolute Gasteiger partial charge is 0.123 e. The average molecular weight is 368 g/mol. The number of hydrogen-bond acceptors (Lipinski definition) is 2. The molecule has 0 amide bonds. The van der Waals surface area contributed by atoms with Crippen LogP contribution in [-0.4, -0.2) is 36.7 Å². The number of morpholine rings is 1. The molecule has 3 heteroatoms. The van der Waals surface area contributed by atoms with Crippen LogP contribution in [0, 0.1) is 12.7 Å². The molecule has 2 unspecified atom stereocenters. The molecule has 3 rings (SSSR count). The number of benzene rings is 2. The molecule has 27 heavy (non-hydrogen) atoms. The van der Waals surface area contributed by atoms with Gasteiger partial charge in [0.05, 0.1) is 12.2 Å². The van der Waals surface area contributed by atoms with Gasteiger partial charge >= 0.3 is 0 Å².